The van der Waals surface area contributed by atoms with Gasteiger partial charge in [-0.2, -0.15) is 0 Å². The van der Waals surface area contributed by atoms with Crippen LogP contribution in [0, 0.1) is 0 Å². The highest BCUT2D eigenvalue weighted by atomic mass is 28.4. The van der Waals surface area contributed by atoms with Gasteiger partial charge in [0.05, 0.1) is 0 Å². The van der Waals surface area contributed by atoms with E-state index in [0.717, 1.165) is 6.04 Å². The third kappa shape index (κ3) is 5.31. The molecule has 2 nitrogen and oxygen atoms in total. The van der Waals surface area contributed by atoms with Crippen LogP contribution in [0.3, 0.4) is 0 Å². The van der Waals surface area contributed by atoms with Gasteiger partial charge in [-0.1, -0.05) is 90.0 Å². The average Bonchev–Trinajstić information content (AvgIpc) is 2.45. The minimum atomic E-state index is -1.86. The molecular weight excluding hydrogens is 356 g/mol. The Bertz CT molecular complexity index is 302. The lowest BCUT2D eigenvalue weighted by molar-refractivity contribution is 0.365. The number of hydrogen-bond donors (Lipinski definition) is 0. The normalized spacial score (nSPS) is 14.4. The zero-order valence-electron chi connectivity index (χ0n) is 19.6. The minimum Gasteiger partial charge on any atom is -0.437 e. The van der Waals surface area contributed by atoms with Crippen molar-refractivity contribution < 1.29 is 8.23 Å². The molecule has 0 bridgehead atoms. The third-order valence-corrected chi connectivity index (χ3v) is 23.3. The highest BCUT2D eigenvalue weighted by Crippen LogP contribution is 2.46. The van der Waals surface area contributed by atoms with Crippen LogP contribution in [-0.2, 0) is 8.23 Å². The maximum atomic E-state index is 7.17. The molecule has 0 heterocycles. The van der Waals surface area contributed by atoms with E-state index in [1.807, 2.05) is 0 Å². The van der Waals surface area contributed by atoms with Crippen molar-refractivity contribution >= 4 is 25.9 Å². The molecule has 0 saturated heterocycles. The quantitative estimate of drug-likeness (QED) is 0.330. The monoisotopic (exact) mass is 404 g/mol. The van der Waals surface area contributed by atoms with Gasteiger partial charge in [0.25, 0.3) is 0 Å². The summed E-state index contributed by atoms with van der Waals surface area (Å²) in [5.74, 6) is 0. The van der Waals surface area contributed by atoms with Crippen molar-refractivity contribution in [2.24, 2.45) is 0 Å². The molecule has 0 aliphatic rings. The van der Waals surface area contributed by atoms with Crippen molar-refractivity contribution in [1.29, 1.82) is 0 Å². The molecule has 5 heteroatoms. The van der Waals surface area contributed by atoms with Crippen LogP contribution in [0.5, 0.6) is 0 Å². The van der Waals surface area contributed by atoms with Gasteiger partial charge in [0.1, 0.15) is 0 Å². The Kier molecular flexibility index (Phi) is 10.4. The fourth-order valence-electron chi connectivity index (χ4n) is 5.46. The Labute approximate surface area is 163 Å². The van der Waals surface area contributed by atoms with Crippen molar-refractivity contribution in [3.05, 3.63) is 0 Å². The summed E-state index contributed by atoms with van der Waals surface area (Å²) in [4.78, 5) is 0. The lowest BCUT2D eigenvalue weighted by Gasteiger charge is -2.49. The molecule has 0 aliphatic heterocycles. The minimum absolute atomic E-state index is 0.630. The standard InChI is InChI=1S/C20H48O2Si3/c1-14-23(21-24(15(2)3,16(4)5)17(6)7)22-25(18(8)9,19(10)11)20(12)13/h15-20,23H,14H2,1-13H3. The molecule has 0 aromatic carbocycles. The zero-order chi connectivity index (χ0) is 20.2. The van der Waals surface area contributed by atoms with Crippen LogP contribution in [-0.4, -0.2) is 25.9 Å². The van der Waals surface area contributed by atoms with E-state index in [9.17, 15) is 0 Å². The maximum absolute atomic E-state index is 7.17. The van der Waals surface area contributed by atoms with Crippen LogP contribution in [0.1, 0.15) is 90.0 Å². The lowest BCUT2D eigenvalue weighted by Crippen LogP contribution is -2.57. The molecule has 0 fully saturated rings. The molecular formula is C20H48O2Si3. The smallest absolute Gasteiger partial charge is 0.300 e. The van der Waals surface area contributed by atoms with Gasteiger partial charge in [0.15, 0.2) is 16.6 Å². The fraction of sp³-hybridized carbons (Fsp3) is 1.00. The van der Waals surface area contributed by atoms with Gasteiger partial charge in [-0.25, -0.2) is 0 Å². The molecule has 0 radical (unpaired) electrons. The third-order valence-electron chi connectivity index (χ3n) is 6.42. The molecule has 0 unspecified atom stereocenters. The van der Waals surface area contributed by atoms with E-state index < -0.39 is 25.9 Å². The summed E-state index contributed by atoms with van der Waals surface area (Å²) in [5, 5.41) is 0. The van der Waals surface area contributed by atoms with E-state index in [-0.39, 0.29) is 0 Å². The summed E-state index contributed by atoms with van der Waals surface area (Å²) in [6, 6.07) is 1.09. The van der Waals surface area contributed by atoms with Crippen LogP contribution < -0.4 is 0 Å². The molecule has 0 aliphatic carbocycles. The van der Waals surface area contributed by atoms with E-state index in [1.165, 1.54) is 0 Å². The first-order valence-corrected chi connectivity index (χ1v) is 16.7. The summed E-state index contributed by atoms with van der Waals surface area (Å²) in [6.07, 6.45) is 0. The molecule has 0 rings (SSSR count). The second kappa shape index (κ2) is 10.2. The van der Waals surface area contributed by atoms with Gasteiger partial charge in [-0.3, -0.25) is 0 Å². The predicted molar refractivity (Wildman–Crippen MR) is 122 cm³/mol. The van der Waals surface area contributed by atoms with E-state index in [2.05, 4.69) is 90.0 Å². The summed E-state index contributed by atoms with van der Waals surface area (Å²) in [7, 11) is -5.39. The van der Waals surface area contributed by atoms with Crippen LogP contribution in [0.4, 0.5) is 0 Å². The Balaban J connectivity index is 5.85. The first-order chi connectivity index (χ1) is 11.3. The molecule has 25 heavy (non-hydrogen) atoms. The molecule has 0 atom stereocenters. The van der Waals surface area contributed by atoms with Crippen molar-refractivity contribution in [1.82, 2.24) is 0 Å². The number of rotatable bonds is 11. The SMILES string of the molecule is CC[SiH](O[Si](C(C)C)(C(C)C)C(C)C)O[Si](C(C)C)(C(C)C)C(C)C. The van der Waals surface area contributed by atoms with Crippen LogP contribution in [0.2, 0.25) is 39.3 Å². The Morgan fingerprint density at radius 2 is 0.720 bits per heavy atom. The molecule has 0 N–H and O–H groups in total. The highest BCUT2D eigenvalue weighted by molar-refractivity contribution is 6.86. The first kappa shape index (κ1) is 25.6. The van der Waals surface area contributed by atoms with Gasteiger partial charge >= 0.3 is 9.28 Å². The highest BCUT2D eigenvalue weighted by Gasteiger charge is 2.50. The van der Waals surface area contributed by atoms with Crippen molar-refractivity contribution in [3.8, 4) is 0 Å². The van der Waals surface area contributed by atoms with Gasteiger partial charge in [-0.05, 0) is 39.3 Å². The van der Waals surface area contributed by atoms with Gasteiger partial charge in [-0.15, -0.1) is 0 Å². The first-order valence-electron chi connectivity index (χ1n) is 10.7. The Morgan fingerprint density at radius 1 is 0.520 bits per heavy atom. The summed E-state index contributed by atoms with van der Waals surface area (Å²) >= 11 is 0. The molecule has 0 aromatic rings. The van der Waals surface area contributed by atoms with Gasteiger partial charge in [0.2, 0.25) is 0 Å². The van der Waals surface area contributed by atoms with Crippen molar-refractivity contribution in [2.45, 2.75) is 129 Å². The Morgan fingerprint density at radius 3 is 0.840 bits per heavy atom. The molecule has 0 amide bonds. The molecule has 152 valence electrons. The van der Waals surface area contributed by atoms with Gasteiger partial charge in [0, 0.05) is 0 Å². The second-order valence-corrected chi connectivity index (χ2v) is 23.6. The summed E-state index contributed by atoms with van der Waals surface area (Å²) < 4.78 is 14.3. The Hall–Kier alpha value is 0.571. The predicted octanol–water partition coefficient (Wildman–Crippen LogP) is 7.61. The lowest BCUT2D eigenvalue weighted by atomic mass is 10.5. The summed E-state index contributed by atoms with van der Waals surface area (Å²) in [5.41, 5.74) is 3.78. The molecule has 0 spiro atoms. The van der Waals surface area contributed by atoms with Crippen LogP contribution in [0.15, 0.2) is 0 Å². The largest absolute Gasteiger partial charge is 0.437 e. The van der Waals surface area contributed by atoms with Crippen LogP contribution >= 0.6 is 0 Å². The maximum Gasteiger partial charge on any atom is 0.300 e. The van der Waals surface area contributed by atoms with E-state index in [0.29, 0.717) is 33.2 Å². The molecule has 0 saturated carbocycles. The van der Waals surface area contributed by atoms with Crippen molar-refractivity contribution in [2.75, 3.05) is 0 Å². The summed E-state index contributed by atoms with van der Waals surface area (Å²) in [6.45, 7) is 30.9. The zero-order valence-corrected chi connectivity index (χ0v) is 22.7. The topological polar surface area (TPSA) is 18.5 Å². The van der Waals surface area contributed by atoms with E-state index in [1.54, 1.807) is 0 Å². The van der Waals surface area contributed by atoms with Crippen LogP contribution in [0.25, 0.3) is 0 Å². The van der Waals surface area contributed by atoms with E-state index in [4.69, 9.17) is 8.23 Å². The second-order valence-electron chi connectivity index (χ2n) is 9.71. The number of hydrogen-bond acceptors (Lipinski definition) is 2. The van der Waals surface area contributed by atoms with Gasteiger partial charge < -0.3 is 8.23 Å². The van der Waals surface area contributed by atoms with E-state index >= 15 is 0 Å². The fourth-order valence-corrected chi connectivity index (χ4v) is 25.6. The molecule has 0 aromatic heterocycles. The average molecular weight is 405 g/mol. The van der Waals surface area contributed by atoms with Crippen molar-refractivity contribution in [3.63, 3.8) is 0 Å².